The van der Waals surface area contributed by atoms with Gasteiger partial charge >= 0.3 is 0 Å². The number of anilines is 2. The molecule has 1 aliphatic carbocycles. The molecule has 1 saturated carbocycles. The molecule has 2 atom stereocenters. The van der Waals surface area contributed by atoms with Crippen LogP contribution in [0.3, 0.4) is 0 Å². The summed E-state index contributed by atoms with van der Waals surface area (Å²) in [4.78, 5) is 0. The number of para-hydroxylation sites is 1. The summed E-state index contributed by atoms with van der Waals surface area (Å²) in [6, 6.07) is 6.71. The summed E-state index contributed by atoms with van der Waals surface area (Å²) in [5.41, 5.74) is 9.33. The average Bonchev–Trinajstić information content (AvgIpc) is 2.49. The van der Waals surface area contributed by atoms with Crippen molar-refractivity contribution in [2.24, 2.45) is 5.92 Å². The molecule has 2 nitrogen and oxygen atoms in total. The van der Waals surface area contributed by atoms with Crippen molar-refractivity contribution in [1.29, 1.82) is 0 Å². The van der Waals surface area contributed by atoms with Crippen molar-refractivity contribution < 1.29 is 0 Å². The SMILES string of the molecule is Cc1cccc(N)c1NC1CCCCCC1C. The fourth-order valence-corrected chi connectivity index (χ4v) is 2.78. The first kappa shape index (κ1) is 12.3. The van der Waals surface area contributed by atoms with E-state index in [1.807, 2.05) is 12.1 Å². The van der Waals surface area contributed by atoms with Gasteiger partial charge in [0.25, 0.3) is 0 Å². The Morgan fingerprint density at radius 1 is 1.18 bits per heavy atom. The first-order valence-corrected chi connectivity index (χ1v) is 6.80. The highest BCUT2D eigenvalue weighted by molar-refractivity contribution is 5.70. The predicted molar refractivity (Wildman–Crippen MR) is 75.3 cm³/mol. The average molecular weight is 232 g/mol. The first-order chi connectivity index (χ1) is 8.18. The van der Waals surface area contributed by atoms with Crippen molar-refractivity contribution in [3.05, 3.63) is 23.8 Å². The number of aryl methyl sites for hydroxylation is 1. The summed E-state index contributed by atoms with van der Waals surface area (Å²) in [7, 11) is 0. The summed E-state index contributed by atoms with van der Waals surface area (Å²) < 4.78 is 0. The predicted octanol–water partition coefficient (Wildman–Crippen LogP) is 3.96. The molecule has 0 bridgehead atoms. The minimum Gasteiger partial charge on any atom is -0.397 e. The monoisotopic (exact) mass is 232 g/mol. The molecule has 1 fully saturated rings. The summed E-state index contributed by atoms with van der Waals surface area (Å²) in [5, 5.41) is 3.68. The van der Waals surface area contributed by atoms with Gasteiger partial charge in [-0.15, -0.1) is 0 Å². The second-order valence-corrected chi connectivity index (χ2v) is 5.41. The summed E-state index contributed by atoms with van der Waals surface area (Å²) >= 11 is 0. The third kappa shape index (κ3) is 2.93. The van der Waals surface area contributed by atoms with Gasteiger partial charge in [-0.2, -0.15) is 0 Å². The van der Waals surface area contributed by atoms with Crippen molar-refractivity contribution in [2.45, 2.75) is 52.0 Å². The Balaban J connectivity index is 2.13. The van der Waals surface area contributed by atoms with E-state index in [1.165, 1.54) is 37.7 Å². The molecule has 0 amide bonds. The van der Waals surface area contributed by atoms with Gasteiger partial charge in [-0.3, -0.25) is 0 Å². The Morgan fingerprint density at radius 2 is 1.94 bits per heavy atom. The van der Waals surface area contributed by atoms with Crippen LogP contribution in [-0.2, 0) is 0 Å². The lowest BCUT2D eigenvalue weighted by Crippen LogP contribution is -2.27. The molecule has 2 unspecified atom stereocenters. The number of nitrogen functional groups attached to an aromatic ring is 1. The Kier molecular flexibility index (Phi) is 3.93. The molecule has 1 aliphatic rings. The molecule has 2 heteroatoms. The number of hydrogen-bond acceptors (Lipinski definition) is 2. The minimum absolute atomic E-state index is 0.584. The van der Waals surface area contributed by atoms with E-state index in [-0.39, 0.29) is 0 Å². The van der Waals surface area contributed by atoms with Gasteiger partial charge in [0.05, 0.1) is 11.4 Å². The quantitative estimate of drug-likeness (QED) is 0.598. The third-order valence-corrected chi connectivity index (χ3v) is 4.00. The van der Waals surface area contributed by atoms with Crippen LogP contribution in [0.2, 0.25) is 0 Å². The zero-order chi connectivity index (χ0) is 12.3. The fraction of sp³-hybridized carbons (Fsp3) is 0.600. The summed E-state index contributed by atoms with van der Waals surface area (Å²) in [5.74, 6) is 0.747. The van der Waals surface area contributed by atoms with E-state index < -0.39 is 0 Å². The molecular formula is C15H24N2. The zero-order valence-electron chi connectivity index (χ0n) is 11.0. The van der Waals surface area contributed by atoms with Crippen LogP contribution in [0.1, 0.15) is 44.6 Å². The highest BCUT2D eigenvalue weighted by Gasteiger charge is 2.20. The second-order valence-electron chi connectivity index (χ2n) is 5.41. The lowest BCUT2D eigenvalue weighted by molar-refractivity contribution is 0.456. The Labute approximate surface area is 105 Å². The molecule has 0 saturated heterocycles. The van der Waals surface area contributed by atoms with E-state index in [0.717, 1.165) is 17.3 Å². The molecule has 0 aromatic heterocycles. The topological polar surface area (TPSA) is 38.0 Å². The molecule has 1 aromatic rings. The maximum Gasteiger partial charge on any atom is 0.0605 e. The van der Waals surface area contributed by atoms with Crippen LogP contribution >= 0.6 is 0 Å². The van der Waals surface area contributed by atoms with Crippen LogP contribution in [0.25, 0.3) is 0 Å². The van der Waals surface area contributed by atoms with Gasteiger partial charge in [-0.05, 0) is 37.3 Å². The number of nitrogens with two attached hydrogens (primary N) is 1. The van der Waals surface area contributed by atoms with Gasteiger partial charge in [-0.25, -0.2) is 0 Å². The van der Waals surface area contributed by atoms with Crippen LogP contribution in [0.4, 0.5) is 11.4 Å². The van der Waals surface area contributed by atoms with E-state index in [0.29, 0.717) is 6.04 Å². The molecule has 94 valence electrons. The van der Waals surface area contributed by atoms with Gasteiger partial charge in [0, 0.05) is 6.04 Å². The first-order valence-electron chi connectivity index (χ1n) is 6.80. The fourth-order valence-electron chi connectivity index (χ4n) is 2.78. The molecular weight excluding hydrogens is 208 g/mol. The Bertz CT molecular complexity index is 353. The standard InChI is InChI=1S/C15H24N2/c1-11-7-4-3-5-10-14(11)17-15-12(2)8-6-9-13(15)16/h6,8-9,11,14,17H,3-5,7,10,16H2,1-2H3. The van der Waals surface area contributed by atoms with Gasteiger partial charge in [-0.1, -0.05) is 38.3 Å². The smallest absolute Gasteiger partial charge is 0.0605 e. The van der Waals surface area contributed by atoms with Crippen LogP contribution in [-0.4, -0.2) is 6.04 Å². The highest BCUT2D eigenvalue weighted by atomic mass is 14.9. The number of rotatable bonds is 2. The van der Waals surface area contributed by atoms with Crippen molar-refractivity contribution in [2.75, 3.05) is 11.1 Å². The third-order valence-electron chi connectivity index (χ3n) is 4.00. The summed E-state index contributed by atoms with van der Waals surface area (Å²) in [6.45, 7) is 4.48. The van der Waals surface area contributed by atoms with Gasteiger partial charge in [0.2, 0.25) is 0 Å². The van der Waals surface area contributed by atoms with Crippen LogP contribution in [0.5, 0.6) is 0 Å². The number of nitrogens with one attached hydrogen (secondary N) is 1. The van der Waals surface area contributed by atoms with Crippen molar-refractivity contribution >= 4 is 11.4 Å². The lowest BCUT2D eigenvalue weighted by Gasteiger charge is -2.25. The van der Waals surface area contributed by atoms with E-state index in [1.54, 1.807) is 0 Å². The Morgan fingerprint density at radius 3 is 2.71 bits per heavy atom. The lowest BCUT2D eigenvalue weighted by atomic mass is 9.96. The second kappa shape index (κ2) is 5.44. The van der Waals surface area contributed by atoms with E-state index >= 15 is 0 Å². The van der Waals surface area contributed by atoms with Gasteiger partial charge in [0.1, 0.15) is 0 Å². The van der Waals surface area contributed by atoms with Crippen LogP contribution in [0, 0.1) is 12.8 Å². The molecule has 0 heterocycles. The molecule has 0 radical (unpaired) electrons. The normalized spacial score (nSPS) is 25.3. The van der Waals surface area contributed by atoms with Crippen molar-refractivity contribution in [1.82, 2.24) is 0 Å². The number of benzene rings is 1. The maximum atomic E-state index is 6.06. The van der Waals surface area contributed by atoms with Crippen LogP contribution < -0.4 is 11.1 Å². The molecule has 17 heavy (non-hydrogen) atoms. The van der Waals surface area contributed by atoms with Gasteiger partial charge < -0.3 is 11.1 Å². The number of hydrogen-bond donors (Lipinski definition) is 2. The Hall–Kier alpha value is -1.18. The van der Waals surface area contributed by atoms with Crippen molar-refractivity contribution in [3.63, 3.8) is 0 Å². The molecule has 0 spiro atoms. The molecule has 1 aromatic carbocycles. The maximum absolute atomic E-state index is 6.06. The van der Waals surface area contributed by atoms with Crippen molar-refractivity contribution in [3.8, 4) is 0 Å². The minimum atomic E-state index is 0.584. The molecule has 2 rings (SSSR count). The van der Waals surface area contributed by atoms with E-state index in [9.17, 15) is 0 Å². The van der Waals surface area contributed by atoms with Gasteiger partial charge in [0.15, 0.2) is 0 Å². The molecule has 3 N–H and O–H groups in total. The molecule has 0 aliphatic heterocycles. The zero-order valence-corrected chi connectivity index (χ0v) is 11.0. The highest BCUT2D eigenvalue weighted by Crippen LogP contribution is 2.29. The van der Waals surface area contributed by atoms with Crippen LogP contribution in [0.15, 0.2) is 18.2 Å². The summed E-state index contributed by atoms with van der Waals surface area (Å²) in [6.07, 6.45) is 6.71. The largest absolute Gasteiger partial charge is 0.397 e. The van der Waals surface area contributed by atoms with E-state index in [4.69, 9.17) is 5.73 Å². The van der Waals surface area contributed by atoms with E-state index in [2.05, 4.69) is 25.2 Å².